The Morgan fingerprint density at radius 2 is 2.14 bits per heavy atom. The third-order valence-electron chi connectivity index (χ3n) is 2.52. The van der Waals surface area contributed by atoms with E-state index in [4.69, 9.17) is 0 Å². The molecule has 0 saturated heterocycles. The first kappa shape index (κ1) is 11.0. The summed E-state index contributed by atoms with van der Waals surface area (Å²) in [4.78, 5) is 0. The fraction of sp³-hybridized carbons (Fsp3) is 0.500. The Kier molecular flexibility index (Phi) is 3.93. The molecule has 0 aliphatic carbocycles. The fourth-order valence-electron chi connectivity index (χ4n) is 1.14. The molecule has 2 heteroatoms. The van der Waals surface area contributed by atoms with E-state index in [2.05, 4.69) is 19.2 Å². The lowest BCUT2D eigenvalue weighted by Gasteiger charge is -2.11. The zero-order chi connectivity index (χ0) is 10.6. The minimum Gasteiger partial charge on any atom is -0.385 e. The van der Waals surface area contributed by atoms with Crippen LogP contribution in [0.4, 0.5) is 10.1 Å². The second-order valence-electron chi connectivity index (χ2n) is 3.86. The third-order valence-corrected chi connectivity index (χ3v) is 2.52. The lowest BCUT2D eigenvalue weighted by molar-refractivity contribution is 0.591. The summed E-state index contributed by atoms with van der Waals surface area (Å²) in [6.45, 7) is 7.01. The highest BCUT2D eigenvalue weighted by molar-refractivity contribution is 5.45. The summed E-state index contributed by atoms with van der Waals surface area (Å²) in [5, 5.41) is 3.22. The monoisotopic (exact) mass is 195 g/mol. The van der Waals surface area contributed by atoms with Gasteiger partial charge in [-0.2, -0.15) is 0 Å². The maximum absolute atomic E-state index is 13.1. The molecule has 1 nitrogen and oxygen atoms in total. The van der Waals surface area contributed by atoms with E-state index in [0.29, 0.717) is 11.5 Å². The van der Waals surface area contributed by atoms with Gasteiger partial charge in [0.05, 0.1) is 0 Å². The zero-order valence-electron chi connectivity index (χ0n) is 9.10. The number of nitrogens with one attached hydrogen (secondary N) is 1. The molecule has 0 spiro atoms. The smallest absolute Gasteiger partial charge is 0.128 e. The molecule has 0 bridgehead atoms. The second kappa shape index (κ2) is 4.99. The minimum absolute atomic E-state index is 0.140. The molecule has 0 heterocycles. The lowest BCUT2D eigenvalue weighted by Crippen LogP contribution is -2.10. The molecule has 0 saturated carbocycles. The van der Waals surface area contributed by atoms with Gasteiger partial charge in [-0.15, -0.1) is 0 Å². The summed E-state index contributed by atoms with van der Waals surface area (Å²) >= 11 is 0. The molecule has 1 unspecified atom stereocenters. The summed E-state index contributed by atoms with van der Waals surface area (Å²) in [6.07, 6.45) is 1.14. The van der Waals surface area contributed by atoms with Crippen molar-refractivity contribution in [2.45, 2.75) is 27.2 Å². The predicted octanol–water partition coefficient (Wildman–Crippen LogP) is 3.59. The average molecular weight is 195 g/mol. The van der Waals surface area contributed by atoms with Crippen molar-refractivity contribution in [3.63, 3.8) is 0 Å². The van der Waals surface area contributed by atoms with Crippen LogP contribution in [0.15, 0.2) is 18.2 Å². The van der Waals surface area contributed by atoms with Crippen LogP contribution in [0.5, 0.6) is 0 Å². The van der Waals surface area contributed by atoms with Crippen LogP contribution in [0, 0.1) is 18.7 Å². The van der Waals surface area contributed by atoms with Gasteiger partial charge in [-0.1, -0.05) is 26.3 Å². The topological polar surface area (TPSA) is 12.0 Å². The van der Waals surface area contributed by atoms with E-state index in [9.17, 15) is 4.39 Å². The van der Waals surface area contributed by atoms with E-state index < -0.39 is 0 Å². The highest BCUT2D eigenvalue weighted by atomic mass is 19.1. The van der Waals surface area contributed by atoms with E-state index in [0.717, 1.165) is 18.7 Å². The molecule has 1 atom stereocenters. The van der Waals surface area contributed by atoms with Crippen molar-refractivity contribution < 1.29 is 4.39 Å². The van der Waals surface area contributed by atoms with Crippen molar-refractivity contribution in [2.24, 2.45) is 5.92 Å². The fourth-order valence-corrected chi connectivity index (χ4v) is 1.14. The first-order chi connectivity index (χ1) is 6.63. The second-order valence-corrected chi connectivity index (χ2v) is 3.86. The van der Waals surface area contributed by atoms with Gasteiger partial charge in [0, 0.05) is 12.2 Å². The van der Waals surface area contributed by atoms with Gasteiger partial charge < -0.3 is 5.32 Å². The summed E-state index contributed by atoms with van der Waals surface area (Å²) in [7, 11) is 0. The Hall–Kier alpha value is -1.05. The highest BCUT2D eigenvalue weighted by Gasteiger charge is 2.01. The molecule has 1 aromatic rings. The Labute approximate surface area is 85.3 Å². The molecule has 1 rings (SSSR count). The van der Waals surface area contributed by atoms with Gasteiger partial charge in [-0.05, 0) is 30.5 Å². The van der Waals surface area contributed by atoms with Gasteiger partial charge in [0.25, 0.3) is 0 Å². The molecule has 0 aliphatic heterocycles. The summed E-state index contributed by atoms with van der Waals surface area (Å²) < 4.78 is 13.1. The van der Waals surface area contributed by atoms with Gasteiger partial charge in [0.2, 0.25) is 0 Å². The third kappa shape index (κ3) is 3.02. The van der Waals surface area contributed by atoms with Crippen LogP contribution in [0.25, 0.3) is 0 Å². The standard InChI is InChI=1S/C12H18FN/c1-4-9(2)8-14-11-6-5-10(3)12(13)7-11/h5-7,9,14H,4,8H2,1-3H3. The van der Waals surface area contributed by atoms with Crippen LogP contribution in [-0.2, 0) is 0 Å². The molecule has 0 fully saturated rings. The number of rotatable bonds is 4. The number of hydrogen-bond acceptors (Lipinski definition) is 1. The van der Waals surface area contributed by atoms with Crippen LogP contribution in [-0.4, -0.2) is 6.54 Å². The number of hydrogen-bond donors (Lipinski definition) is 1. The maximum Gasteiger partial charge on any atom is 0.128 e. The number of halogens is 1. The van der Waals surface area contributed by atoms with Gasteiger partial charge in [0.15, 0.2) is 0 Å². The first-order valence-electron chi connectivity index (χ1n) is 5.13. The SMILES string of the molecule is CCC(C)CNc1ccc(C)c(F)c1. The number of anilines is 1. The van der Waals surface area contributed by atoms with Crippen LogP contribution in [0.3, 0.4) is 0 Å². The number of aryl methyl sites for hydroxylation is 1. The van der Waals surface area contributed by atoms with E-state index in [1.807, 2.05) is 6.07 Å². The molecule has 78 valence electrons. The van der Waals surface area contributed by atoms with Crippen LogP contribution in [0.2, 0.25) is 0 Å². The van der Waals surface area contributed by atoms with Crippen LogP contribution < -0.4 is 5.32 Å². The van der Waals surface area contributed by atoms with Gasteiger partial charge in [0.1, 0.15) is 5.82 Å². The Morgan fingerprint density at radius 3 is 2.71 bits per heavy atom. The van der Waals surface area contributed by atoms with Gasteiger partial charge in [-0.25, -0.2) is 4.39 Å². The van der Waals surface area contributed by atoms with Crippen molar-refractivity contribution >= 4 is 5.69 Å². The zero-order valence-corrected chi connectivity index (χ0v) is 9.10. The molecule has 14 heavy (non-hydrogen) atoms. The van der Waals surface area contributed by atoms with E-state index in [-0.39, 0.29) is 5.82 Å². The van der Waals surface area contributed by atoms with Gasteiger partial charge >= 0.3 is 0 Å². The van der Waals surface area contributed by atoms with Crippen molar-refractivity contribution in [2.75, 3.05) is 11.9 Å². The van der Waals surface area contributed by atoms with Gasteiger partial charge in [-0.3, -0.25) is 0 Å². The van der Waals surface area contributed by atoms with Crippen LogP contribution in [0.1, 0.15) is 25.8 Å². The quantitative estimate of drug-likeness (QED) is 0.774. The lowest BCUT2D eigenvalue weighted by atomic mass is 10.1. The summed E-state index contributed by atoms with van der Waals surface area (Å²) in [5.41, 5.74) is 1.56. The Balaban J connectivity index is 2.55. The highest BCUT2D eigenvalue weighted by Crippen LogP contribution is 2.14. The molecule has 1 N–H and O–H groups in total. The summed E-state index contributed by atoms with van der Waals surface area (Å²) in [5.74, 6) is 0.485. The molecule has 0 aromatic heterocycles. The van der Waals surface area contributed by atoms with E-state index in [1.165, 1.54) is 0 Å². The van der Waals surface area contributed by atoms with Crippen molar-refractivity contribution in [3.8, 4) is 0 Å². The minimum atomic E-state index is -0.140. The van der Waals surface area contributed by atoms with E-state index in [1.54, 1.807) is 19.1 Å². The summed E-state index contributed by atoms with van der Waals surface area (Å²) in [6, 6.07) is 5.27. The van der Waals surface area contributed by atoms with Crippen molar-refractivity contribution in [1.29, 1.82) is 0 Å². The largest absolute Gasteiger partial charge is 0.385 e. The molecular formula is C12H18FN. The molecule has 1 aromatic carbocycles. The van der Waals surface area contributed by atoms with Crippen LogP contribution >= 0.6 is 0 Å². The van der Waals surface area contributed by atoms with Crippen molar-refractivity contribution in [1.82, 2.24) is 0 Å². The molecule has 0 radical (unpaired) electrons. The molecule has 0 amide bonds. The molecule has 0 aliphatic rings. The average Bonchev–Trinajstić information content (AvgIpc) is 2.19. The first-order valence-corrected chi connectivity index (χ1v) is 5.13. The maximum atomic E-state index is 13.1. The number of benzene rings is 1. The molecular weight excluding hydrogens is 177 g/mol. The Morgan fingerprint density at radius 1 is 1.43 bits per heavy atom. The Bertz CT molecular complexity index is 296. The normalized spacial score (nSPS) is 12.6. The van der Waals surface area contributed by atoms with Crippen molar-refractivity contribution in [3.05, 3.63) is 29.6 Å². The predicted molar refractivity (Wildman–Crippen MR) is 59.1 cm³/mol. The van der Waals surface area contributed by atoms with E-state index >= 15 is 0 Å².